The third kappa shape index (κ3) is 3.02. The molecule has 2 N–H and O–H groups in total. The van der Waals surface area contributed by atoms with E-state index in [-0.39, 0.29) is 6.04 Å². The summed E-state index contributed by atoms with van der Waals surface area (Å²) < 4.78 is 1.02. The van der Waals surface area contributed by atoms with Crippen LogP contribution in [-0.4, -0.2) is 11.1 Å². The smallest absolute Gasteiger partial charge is 0.120 e. The molecular formula is C14H20BrNO. The van der Waals surface area contributed by atoms with Crippen molar-refractivity contribution in [3.63, 3.8) is 0 Å². The Morgan fingerprint density at radius 3 is 2.76 bits per heavy atom. The first-order valence-corrected chi connectivity index (χ1v) is 7.14. The van der Waals surface area contributed by atoms with Gasteiger partial charge in [-0.2, -0.15) is 0 Å². The van der Waals surface area contributed by atoms with E-state index in [0.717, 1.165) is 22.4 Å². The number of hydrogen-bond donors (Lipinski definition) is 2. The van der Waals surface area contributed by atoms with Crippen molar-refractivity contribution < 1.29 is 5.11 Å². The molecule has 0 aromatic heterocycles. The quantitative estimate of drug-likeness (QED) is 0.881. The zero-order valence-electron chi connectivity index (χ0n) is 10.4. The summed E-state index contributed by atoms with van der Waals surface area (Å²) in [5.74, 6) is 1.24. The first-order valence-electron chi connectivity index (χ1n) is 6.34. The van der Waals surface area contributed by atoms with Gasteiger partial charge < -0.3 is 10.4 Å². The second-order valence-electron chi connectivity index (χ2n) is 5.10. The fourth-order valence-corrected chi connectivity index (χ4v) is 2.93. The van der Waals surface area contributed by atoms with Crippen LogP contribution in [0.15, 0.2) is 22.7 Å². The minimum absolute atomic E-state index is 0.255. The van der Waals surface area contributed by atoms with Crippen molar-refractivity contribution in [2.75, 3.05) is 0 Å². The standard InChI is InChI=1S/C14H20BrNO/c1-3-13(16-11-6-9(2)7-11)12-8-10(15)4-5-14(12)17/h4-5,8-9,11,13,16-17H,3,6-7H2,1-2H3. The van der Waals surface area contributed by atoms with E-state index < -0.39 is 0 Å². The molecule has 2 rings (SSSR count). The van der Waals surface area contributed by atoms with Gasteiger partial charge in [-0.3, -0.25) is 0 Å². The molecule has 1 atom stereocenters. The van der Waals surface area contributed by atoms with E-state index in [1.807, 2.05) is 12.1 Å². The summed E-state index contributed by atoms with van der Waals surface area (Å²) in [6.07, 6.45) is 3.51. The number of aromatic hydroxyl groups is 1. The molecule has 3 heteroatoms. The molecule has 1 aliphatic carbocycles. The van der Waals surface area contributed by atoms with Crippen LogP contribution in [0.2, 0.25) is 0 Å². The molecule has 1 unspecified atom stereocenters. The zero-order chi connectivity index (χ0) is 12.4. The summed E-state index contributed by atoms with van der Waals surface area (Å²) >= 11 is 3.46. The summed E-state index contributed by atoms with van der Waals surface area (Å²) in [4.78, 5) is 0. The van der Waals surface area contributed by atoms with Gasteiger partial charge in [0.1, 0.15) is 5.75 Å². The van der Waals surface area contributed by atoms with Crippen molar-refractivity contribution in [3.8, 4) is 5.75 Å². The van der Waals surface area contributed by atoms with Crippen molar-refractivity contribution >= 4 is 15.9 Å². The van der Waals surface area contributed by atoms with E-state index in [0.29, 0.717) is 11.8 Å². The molecule has 94 valence electrons. The average molecular weight is 298 g/mol. The first kappa shape index (κ1) is 12.9. The highest BCUT2D eigenvalue weighted by molar-refractivity contribution is 9.10. The number of benzene rings is 1. The van der Waals surface area contributed by atoms with Gasteiger partial charge in [-0.25, -0.2) is 0 Å². The van der Waals surface area contributed by atoms with Crippen LogP contribution in [0, 0.1) is 5.92 Å². The predicted octanol–water partition coefficient (Wildman–Crippen LogP) is 3.99. The summed E-state index contributed by atoms with van der Waals surface area (Å²) in [6, 6.07) is 6.52. The molecule has 0 bridgehead atoms. The lowest BCUT2D eigenvalue weighted by molar-refractivity contribution is 0.219. The molecule has 0 heterocycles. The minimum Gasteiger partial charge on any atom is -0.508 e. The molecule has 1 fully saturated rings. The monoisotopic (exact) mass is 297 g/mol. The Balaban J connectivity index is 2.08. The molecule has 1 aromatic rings. The Bertz CT molecular complexity index is 388. The molecule has 0 spiro atoms. The van der Waals surface area contributed by atoms with Gasteiger partial charge in [-0.05, 0) is 43.4 Å². The maximum atomic E-state index is 9.93. The summed E-state index contributed by atoms with van der Waals surface area (Å²) in [5, 5.41) is 13.6. The number of halogens is 1. The van der Waals surface area contributed by atoms with Gasteiger partial charge in [-0.15, -0.1) is 0 Å². The third-order valence-electron chi connectivity index (χ3n) is 3.58. The largest absolute Gasteiger partial charge is 0.508 e. The van der Waals surface area contributed by atoms with Gasteiger partial charge in [0, 0.05) is 22.1 Å². The van der Waals surface area contributed by atoms with Crippen molar-refractivity contribution in [2.45, 2.75) is 45.2 Å². The highest BCUT2D eigenvalue weighted by Crippen LogP contribution is 2.33. The van der Waals surface area contributed by atoms with Crippen LogP contribution >= 0.6 is 15.9 Å². The highest BCUT2D eigenvalue weighted by Gasteiger charge is 2.27. The van der Waals surface area contributed by atoms with Gasteiger partial charge in [-0.1, -0.05) is 29.8 Å². The van der Waals surface area contributed by atoms with Crippen LogP contribution < -0.4 is 5.32 Å². The molecule has 1 saturated carbocycles. The summed E-state index contributed by atoms with van der Waals surface area (Å²) in [6.45, 7) is 4.44. The van der Waals surface area contributed by atoms with Crippen molar-refractivity contribution in [1.29, 1.82) is 0 Å². The molecular weight excluding hydrogens is 278 g/mol. The van der Waals surface area contributed by atoms with Crippen LogP contribution in [-0.2, 0) is 0 Å². The highest BCUT2D eigenvalue weighted by atomic mass is 79.9. The third-order valence-corrected chi connectivity index (χ3v) is 4.08. The predicted molar refractivity (Wildman–Crippen MR) is 74.2 cm³/mol. The van der Waals surface area contributed by atoms with Gasteiger partial charge >= 0.3 is 0 Å². The topological polar surface area (TPSA) is 32.3 Å². The van der Waals surface area contributed by atoms with E-state index in [2.05, 4.69) is 35.1 Å². The Labute approximate surface area is 112 Å². The molecule has 1 aliphatic rings. The number of phenols is 1. The maximum Gasteiger partial charge on any atom is 0.120 e. The fourth-order valence-electron chi connectivity index (χ4n) is 2.55. The van der Waals surface area contributed by atoms with Crippen LogP contribution in [0.3, 0.4) is 0 Å². The maximum absolute atomic E-state index is 9.93. The molecule has 0 radical (unpaired) electrons. The Morgan fingerprint density at radius 2 is 2.18 bits per heavy atom. The SMILES string of the molecule is CCC(NC1CC(C)C1)c1cc(Br)ccc1O. The van der Waals surface area contributed by atoms with Crippen LogP contribution in [0.5, 0.6) is 5.75 Å². The van der Waals surface area contributed by atoms with Crippen molar-refractivity contribution in [1.82, 2.24) is 5.32 Å². The number of rotatable bonds is 4. The zero-order valence-corrected chi connectivity index (χ0v) is 12.0. The minimum atomic E-state index is 0.255. The van der Waals surface area contributed by atoms with Crippen LogP contribution in [0.4, 0.5) is 0 Å². The molecule has 17 heavy (non-hydrogen) atoms. The average Bonchev–Trinajstić information content (AvgIpc) is 2.26. The summed E-state index contributed by atoms with van der Waals surface area (Å²) in [7, 11) is 0. The van der Waals surface area contributed by atoms with Crippen molar-refractivity contribution in [3.05, 3.63) is 28.2 Å². The van der Waals surface area contributed by atoms with E-state index >= 15 is 0 Å². The fraction of sp³-hybridized carbons (Fsp3) is 0.571. The lowest BCUT2D eigenvalue weighted by Crippen LogP contribution is -2.41. The van der Waals surface area contributed by atoms with Gasteiger partial charge in [0.2, 0.25) is 0 Å². The lowest BCUT2D eigenvalue weighted by Gasteiger charge is -2.36. The number of phenolic OH excluding ortho intramolecular Hbond substituents is 1. The van der Waals surface area contributed by atoms with E-state index in [4.69, 9.17) is 0 Å². The van der Waals surface area contributed by atoms with Gasteiger partial charge in [0.05, 0.1) is 0 Å². The second kappa shape index (κ2) is 5.40. The molecule has 1 aromatic carbocycles. The van der Waals surface area contributed by atoms with Crippen LogP contribution in [0.25, 0.3) is 0 Å². The van der Waals surface area contributed by atoms with Gasteiger partial charge in [0.15, 0.2) is 0 Å². The normalized spacial score (nSPS) is 25.4. The second-order valence-corrected chi connectivity index (χ2v) is 6.02. The van der Waals surface area contributed by atoms with E-state index in [1.165, 1.54) is 12.8 Å². The number of nitrogens with one attached hydrogen (secondary N) is 1. The Hall–Kier alpha value is -0.540. The molecule has 0 saturated heterocycles. The van der Waals surface area contributed by atoms with Crippen molar-refractivity contribution in [2.24, 2.45) is 5.92 Å². The summed E-state index contributed by atoms with van der Waals surface area (Å²) in [5.41, 5.74) is 1.00. The van der Waals surface area contributed by atoms with Crippen LogP contribution in [0.1, 0.15) is 44.7 Å². The molecule has 0 aliphatic heterocycles. The molecule has 0 amide bonds. The van der Waals surface area contributed by atoms with E-state index in [9.17, 15) is 5.11 Å². The molecule has 2 nitrogen and oxygen atoms in total. The van der Waals surface area contributed by atoms with Gasteiger partial charge in [0.25, 0.3) is 0 Å². The Kier molecular flexibility index (Phi) is 4.10. The first-order chi connectivity index (χ1) is 8.10. The van der Waals surface area contributed by atoms with E-state index in [1.54, 1.807) is 6.07 Å². The lowest BCUT2D eigenvalue weighted by atomic mass is 9.81. The Morgan fingerprint density at radius 1 is 1.47 bits per heavy atom. The number of hydrogen-bond acceptors (Lipinski definition) is 2.